The van der Waals surface area contributed by atoms with Gasteiger partial charge in [-0.2, -0.15) is 0 Å². The van der Waals surface area contributed by atoms with Crippen LogP contribution < -0.4 is 32.2 Å². The van der Waals surface area contributed by atoms with Crippen LogP contribution in [0.15, 0.2) is 51.2 Å². The molecular weight excluding hydrogens is 1040 g/mol. The van der Waals surface area contributed by atoms with E-state index >= 15 is 0 Å². The second kappa shape index (κ2) is 49.0. The number of aromatic nitrogens is 3. The van der Waals surface area contributed by atoms with Gasteiger partial charge in [0.15, 0.2) is 17.2 Å². The summed E-state index contributed by atoms with van der Waals surface area (Å²) in [6.45, 7) is 15.7. The minimum Gasteiger partial charge on any atom is -0.503 e. The molecule has 0 spiro atoms. The average Bonchev–Trinajstić information content (AvgIpc) is 3.43. The van der Waals surface area contributed by atoms with Gasteiger partial charge in [0.25, 0.3) is 0 Å². The first kappa shape index (κ1) is 74.2. The third-order valence-corrected chi connectivity index (χ3v) is 14.5. The van der Waals surface area contributed by atoms with Crippen molar-refractivity contribution in [3.8, 4) is 17.2 Å². The number of aromatic hydroxyl groups is 3. The van der Waals surface area contributed by atoms with Gasteiger partial charge in [-0.25, -0.2) is 0 Å². The summed E-state index contributed by atoms with van der Waals surface area (Å²) in [4.78, 5) is 69.4. The van der Waals surface area contributed by atoms with Crippen LogP contribution in [0.4, 0.5) is 0 Å². The molecule has 3 amide bonds. The number of hydrogen-bond acceptors (Lipinski definition) is 9. The van der Waals surface area contributed by atoms with Crippen LogP contribution in [0.5, 0.6) is 17.2 Å². The Balaban J connectivity index is 0.00000115. The number of nitrogens with one attached hydrogen (secondary N) is 3. The molecule has 0 saturated heterocycles. The molecule has 0 aliphatic heterocycles. The molecule has 0 aromatic carbocycles. The first-order valence-corrected chi connectivity index (χ1v) is 30.6. The van der Waals surface area contributed by atoms with Crippen LogP contribution in [-0.2, 0) is 51.1 Å². The van der Waals surface area contributed by atoms with E-state index in [-0.39, 0.29) is 68.3 Å². The molecule has 3 aromatic rings. The third-order valence-electron chi connectivity index (χ3n) is 14.5. The minimum absolute atomic E-state index is 0. The van der Waals surface area contributed by atoms with Crippen molar-refractivity contribution in [1.29, 1.82) is 0 Å². The maximum Gasteiger partial charge on any atom is 0.223 e. The first-order valence-electron chi connectivity index (χ1n) is 30.6. The molecule has 0 aliphatic rings. The van der Waals surface area contributed by atoms with Gasteiger partial charge in [0.05, 0.1) is 17.1 Å². The fraction of sp³-hybridized carbons (Fsp3) is 0.714. The number of carbonyl (C=O) groups excluding carboxylic acids is 3. The average molecular weight is 1150 g/mol. The number of aryl methyl sites for hydroxylation is 3. The predicted octanol–water partition coefficient (Wildman–Crippen LogP) is 12.9. The predicted molar refractivity (Wildman–Crippen MR) is 320 cm³/mol. The van der Waals surface area contributed by atoms with Crippen LogP contribution in [0.2, 0.25) is 0 Å². The molecule has 0 saturated carbocycles. The zero-order chi connectivity index (χ0) is 57.6. The Morgan fingerprint density at radius 3 is 0.772 bits per heavy atom. The van der Waals surface area contributed by atoms with Crippen molar-refractivity contribution in [2.45, 2.75) is 273 Å². The number of rotatable bonds is 42. The molecular formula is C63H108FeN6O9. The van der Waals surface area contributed by atoms with Crippen LogP contribution in [-0.4, -0.2) is 66.4 Å². The standard InChI is InChI=1S/3C21H36N2O3.Fe/c3*1-3-4-5-6-7-8-9-10-11-13-20(25)22-15-12-16-23-17-14-19(24)21(26)18(23)2;/h3*14,17,26H,3-13,15-16H2,1-2H3,(H,22,25);. The number of amides is 3. The van der Waals surface area contributed by atoms with Crippen LogP contribution >= 0.6 is 0 Å². The largest absolute Gasteiger partial charge is 0.503 e. The Morgan fingerprint density at radius 1 is 0.354 bits per heavy atom. The summed E-state index contributed by atoms with van der Waals surface area (Å²) in [5.74, 6) is -0.224. The van der Waals surface area contributed by atoms with Crippen molar-refractivity contribution in [3.05, 3.63) is 84.5 Å². The van der Waals surface area contributed by atoms with E-state index in [1.54, 1.807) is 39.4 Å². The van der Waals surface area contributed by atoms with Gasteiger partial charge in [-0.15, -0.1) is 0 Å². The Labute approximate surface area is 486 Å². The number of pyridine rings is 3. The van der Waals surface area contributed by atoms with Crippen LogP contribution in [0.25, 0.3) is 0 Å². The molecule has 452 valence electrons. The van der Waals surface area contributed by atoms with Gasteiger partial charge in [-0.1, -0.05) is 175 Å². The molecule has 79 heavy (non-hydrogen) atoms. The smallest absolute Gasteiger partial charge is 0.223 e. The molecule has 16 heteroatoms. The van der Waals surface area contributed by atoms with Crippen molar-refractivity contribution >= 4 is 17.7 Å². The van der Waals surface area contributed by atoms with Crippen molar-refractivity contribution in [3.63, 3.8) is 0 Å². The maximum absolute atomic E-state index is 11.8. The number of nitrogens with zero attached hydrogens (tertiary/aromatic N) is 3. The number of hydrogen-bond donors (Lipinski definition) is 6. The molecule has 6 N–H and O–H groups in total. The Morgan fingerprint density at radius 2 is 0.557 bits per heavy atom. The molecule has 0 aliphatic carbocycles. The Bertz CT molecular complexity index is 2000. The second-order valence-corrected chi connectivity index (χ2v) is 21.3. The fourth-order valence-electron chi connectivity index (χ4n) is 9.20. The molecule has 0 bridgehead atoms. The SMILES string of the molecule is CCCCCCCCCCCC(=O)NCCCn1ccc(=O)c(O)c1C.CCCCCCCCCCCC(=O)NCCCn1ccc(=O)c(O)c1C.CCCCCCCCCCCC(=O)NCCCn1ccc(=O)c(O)c1C.[Fe]. The monoisotopic (exact) mass is 1150 g/mol. The molecule has 3 heterocycles. The minimum atomic E-state index is -0.354. The second-order valence-electron chi connectivity index (χ2n) is 21.3. The van der Waals surface area contributed by atoms with Gasteiger partial charge in [0.1, 0.15) is 0 Å². The van der Waals surface area contributed by atoms with E-state index in [4.69, 9.17) is 0 Å². The maximum atomic E-state index is 11.8. The van der Waals surface area contributed by atoms with Gasteiger partial charge in [0, 0.05) is 112 Å². The third kappa shape index (κ3) is 36.9. The summed E-state index contributed by atoms with van der Waals surface area (Å²) in [6, 6.07) is 4.10. The summed E-state index contributed by atoms with van der Waals surface area (Å²) in [6.07, 6.45) is 43.1. The molecule has 0 atom stereocenters. The van der Waals surface area contributed by atoms with Crippen LogP contribution in [0.1, 0.15) is 250 Å². The fourth-order valence-corrected chi connectivity index (χ4v) is 9.20. The molecule has 0 fully saturated rings. The summed E-state index contributed by atoms with van der Waals surface area (Å²) in [5.41, 5.74) is 0.643. The van der Waals surface area contributed by atoms with Crippen molar-refractivity contribution in [2.24, 2.45) is 0 Å². The van der Waals surface area contributed by atoms with Crippen molar-refractivity contribution < 1.29 is 46.8 Å². The van der Waals surface area contributed by atoms with Gasteiger partial charge in [-0.3, -0.25) is 28.8 Å². The summed E-state index contributed by atoms with van der Waals surface area (Å²) in [7, 11) is 0. The number of unbranched alkanes of at least 4 members (excludes halogenated alkanes) is 24. The normalized spacial score (nSPS) is 10.7. The zero-order valence-corrected chi connectivity index (χ0v) is 51.1. The zero-order valence-electron chi connectivity index (χ0n) is 50.0. The van der Waals surface area contributed by atoms with Gasteiger partial charge >= 0.3 is 0 Å². The van der Waals surface area contributed by atoms with E-state index in [9.17, 15) is 44.1 Å². The van der Waals surface area contributed by atoms with Crippen molar-refractivity contribution in [2.75, 3.05) is 19.6 Å². The van der Waals surface area contributed by atoms with E-state index in [2.05, 4.69) is 36.7 Å². The van der Waals surface area contributed by atoms with Crippen LogP contribution in [0, 0.1) is 20.8 Å². The van der Waals surface area contributed by atoms with E-state index < -0.39 is 0 Å². The molecule has 3 aromatic heterocycles. The Kier molecular flexibility index (Phi) is 46.0. The molecule has 3 rings (SSSR count). The van der Waals surface area contributed by atoms with E-state index in [1.165, 1.54) is 153 Å². The summed E-state index contributed by atoms with van der Waals surface area (Å²) >= 11 is 0. The van der Waals surface area contributed by atoms with Crippen molar-refractivity contribution in [1.82, 2.24) is 29.7 Å². The van der Waals surface area contributed by atoms with Gasteiger partial charge < -0.3 is 45.0 Å². The van der Waals surface area contributed by atoms with E-state index in [1.807, 2.05) is 13.7 Å². The quantitative estimate of drug-likeness (QED) is 0.0235. The first-order chi connectivity index (χ1) is 37.7. The van der Waals surface area contributed by atoms with E-state index in [0.29, 0.717) is 75.6 Å². The topological polar surface area (TPSA) is 214 Å². The summed E-state index contributed by atoms with van der Waals surface area (Å²) < 4.78 is 5.51. The van der Waals surface area contributed by atoms with E-state index in [0.717, 1.165) is 57.8 Å². The Hall–Kier alpha value is -4.82. The van der Waals surface area contributed by atoms with Gasteiger partial charge in [0.2, 0.25) is 34.0 Å². The molecule has 15 nitrogen and oxygen atoms in total. The van der Waals surface area contributed by atoms with Crippen LogP contribution in [0.3, 0.4) is 0 Å². The number of carbonyl (C=O) groups is 3. The molecule has 0 unspecified atom stereocenters. The summed E-state index contributed by atoms with van der Waals surface area (Å²) in [5, 5.41) is 37.8. The van der Waals surface area contributed by atoms with Gasteiger partial charge in [-0.05, 0) is 59.3 Å². The molecule has 0 radical (unpaired) electrons.